The predicted molar refractivity (Wildman–Crippen MR) is 97.1 cm³/mol. The van der Waals surface area contributed by atoms with Gasteiger partial charge in [-0.05, 0) is 57.2 Å². The first-order chi connectivity index (χ1) is 11.2. The summed E-state index contributed by atoms with van der Waals surface area (Å²) in [6.07, 6.45) is 7.06. The van der Waals surface area contributed by atoms with E-state index in [2.05, 4.69) is 4.90 Å². The van der Waals surface area contributed by atoms with Gasteiger partial charge in [-0.15, -0.1) is 11.3 Å². The standard InChI is InChI=1S/C16H22N4OS2/c17-20-15(21)13-11-5-1-2-6-12(11)23-14(13)18-16(20)22-10-9-19-7-3-4-8-19/h1-10,17H2. The van der Waals surface area contributed by atoms with E-state index in [-0.39, 0.29) is 5.56 Å². The molecule has 2 N–H and O–H groups in total. The first kappa shape index (κ1) is 15.5. The van der Waals surface area contributed by atoms with Gasteiger partial charge in [-0.25, -0.2) is 9.66 Å². The molecule has 1 saturated heterocycles. The fraction of sp³-hybridized carbons (Fsp3) is 0.625. The van der Waals surface area contributed by atoms with Crippen LogP contribution in [0.25, 0.3) is 10.2 Å². The summed E-state index contributed by atoms with van der Waals surface area (Å²) in [5.41, 5.74) is 1.14. The van der Waals surface area contributed by atoms with Crippen molar-refractivity contribution in [2.45, 2.75) is 43.7 Å². The summed E-state index contributed by atoms with van der Waals surface area (Å²) in [4.78, 5) is 22.1. The SMILES string of the molecule is Nn1c(SCCN2CCCC2)nc2sc3c(c2c1=O)CCCC3. The number of thioether (sulfide) groups is 1. The molecular formula is C16H22N4OS2. The van der Waals surface area contributed by atoms with Gasteiger partial charge in [0.1, 0.15) is 4.83 Å². The second kappa shape index (κ2) is 6.45. The van der Waals surface area contributed by atoms with E-state index in [0.29, 0.717) is 5.16 Å². The van der Waals surface area contributed by atoms with Crippen LogP contribution in [0.4, 0.5) is 0 Å². The zero-order valence-corrected chi connectivity index (χ0v) is 14.8. The lowest BCUT2D eigenvalue weighted by molar-refractivity contribution is 0.362. The van der Waals surface area contributed by atoms with Gasteiger partial charge in [0.25, 0.3) is 5.56 Å². The third-order valence-corrected chi connectivity index (χ3v) is 6.94. The number of thiophene rings is 1. The molecule has 1 aliphatic heterocycles. The summed E-state index contributed by atoms with van der Waals surface area (Å²) < 4.78 is 1.26. The normalized spacial score (nSPS) is 18.6. The van der Waals surface area contributed by atoms with Crippen molar-refractivity contribution in [2.24, 2.45) is 0 Å². The van der Waals surface area contributed by atoms with Crippen LogP contribution in [0.5, 0.6) is 0 Å². The van der Waals surface area contributed by atoms with Gasteiger partial charge < -0.3 is 10.7 Å². The number of aromatic nitrogens is 2. The van der Waals surface area contributed by atoms with E-state index in [0.717, 1.165) is 41.8 Å². The second-order valence-electron chi connectivity index (χ2n) is 6.36. The molecule has 4 rings (SSSR count). The maximum Gasteiger partial charge on any atom is 0.281 e. The fourth-order valence-corrected chi connectivity index (χ4v) is 5.79. The van der Waals surface area contributed by atoms with Crippen molar-refractivity contribution in [3.8, 4) is 0 Å². The first-order valence-electron chi connectivity index (χ1n) is 8.41. The van der Waals surface area contributed by atoms with Crippen molar-refractivity contribution in [1.82, 2.24) is 14.6 Å². The Kier molecular flexibility index (Phi) is 4.34. The number of nitrogens with zero attached hydrogens (tertiary/aromatic N) is 3. The zero-order valence-electron chi connectivity index (χ0n) is 13.2. The van der Waals surface area contributed by atoms with E-state index in [1.165, 1.54) is 47.5 Å². The maximum absolute atomic E-state index is 12.7. The minimum Gasteiger partial charge on any atom is -0.334 e. The number of fused-ring (bicyclic) bond motifs is 3. The van der Waals surface area contributed by atoms with Crippen LogP contribution in [0.15, 0.2) is 9.95 Å². The number of aryl methyl sites for hydroxylation is 2. The molecule has 5 nitrogen and oxygen atoms in total. The van der Waals surface area contributed by atoms with E-state index in [1.807, 2.05) is 0 Å². The van der Waals surface area contributed by atoms with Gasteiger partial charge in [-0.1, -0.05) is 11.8 Å². The molecular weight excluding hydrogens is 328 g/mol. The lowest BCUT2D eigenvalue weighted by Gasteiger charge is -2.14. The number of rotatable bonds is 4. The van der Waals surface area contributed by atoms with Gasteiger partial charge in [-0.3, -0.25) is 4.79 Å². The van der Waals surface area contributed by atoms with Crippen LogP contribution in [-0.4, -0.2) is 39.9 Å². The Morgan fingerprint density at radius 1 is 1.17 bits per heavy atom. The molecule has 3 heterocycles. The Morgan fingerprint density at radius 3 is 2.78 bits per heavy atom. The quantitative estimate of drug-likeness (QED) is 0.520. The van der Waals surface area contributed by atoms with Crippen molar-refractivity contribution in [3.63, 3.8) is 0 Å². The summed E-state index contributed by atoms with van der Waals surface area (Å²) in [5, 5.41) is 1.43. The van der Waals surface area contributed by atoms with Crippen LogP contribution in [0.1, 0.15) is 36.1 Å². The molecule has 1 fully saturated rings. The minimum atomic E-state index is -0.0712. The van der Waals surface area contributed by atoms with Crippen LogP contribution in [0.3, 0.4) is 0 Å². The summed E-state index contributed by atoms with van der Waals surface area (Å²) in [5.74, 6) is 6.98. The molecule has 0 aromatic carbocycles. The van der Waals surface area contributed by atoms with Crippen molar-refractivity contribution in [1.29, 1.82) is 0 Å². The lowest BCUT2D eigenvalue weighted by Crippen LogP contribution is -2.30. The predicted octanol–water partition coefficient (Wildman–Crippen LogP) is 2.24. The molecule has 2 aromatic heterocycles. The van der Waals surface area contributed by atoms with Crippen molar-refractivity contribution >= 4 is 33.3 Å². The van der Waals surface area contributed by atoms with E-state index in [4.69, 9.17) is 10.8 Å². The summed E-state index contributed by atoms with van der Waals surface area (Å²) in [7, 11) is 0. The molecule has 0 atom stereocenters. The van der Waals surface area contributed by atoms with Crippen LogP contribution in [0, 0.1) is 0 Å². The summed E-state index contributed by atoms with van der Waals surface area (Å²) in [6, 6.07) is 0. The average molecular weight is 351 g/mol. The van der Waals surface area contributed by atoms with E-state index in [1.54, 1.807) is 23.1 Å². The lowest BCUT2D eigenvalue weighted by atomic mass is 9.97. The van der Waals surface area contributed by atoms with E-state index < -0.39 is 0 Å². The Morgan fingerprint density at radius 2 is 1.96 bits per heavy atom. The molecule has 0 amide bonds. The van der Waals surface area contributed by atoms with Crippen LogP contribution < -0.4 is 11.4 Å². The molecule has 2 aromatic rings. The van der Waals surface area contributed by atoms with Crippen molar-refractivity contribution in [2.75, 3.05) is 31.2 Å². The number of hydrogen-bond acceptors (Lipinski definition) is 6. The zero-order chi connectivity index (χ0) is 15.8. The highest BCUT2D eigenvalue weighted by Gasteiger charge is 2.21. The highest BCUT2D eigenvalue weighted by Crippen LogP contribution is 2.34. The third kappa shape index (κ3) is 2.90. The van der Waals surface area contributed by atoms with Crippen LogP contribution >= 0.6 is 23.1 Å². The highest BCUT2D eigenvalue weighted by atomic mass is 32.2. The Hall–Kier alpha value is -1.05. The van der Waals surface area contributed by atoms with Gasteiger partial charge in [0, 0.05) is 17.2 Å². The van der Waals surface area contributed by atoms with Crippen LogP contribution in [0.2, 0.25) is 0 Å². The topological polar surface area (TPSA) is 64.2 Å². The van der Waals surface area contributed by atoms with E-state index in [9.17, 15) is 4.79 Å². The van der Waals surface area contributed by atoms with Crippen molar-refractivity contribution in [3.05, 3.63) is 20.8 Å². The molecule has 7 heteroatoms. The number of hydrogen-bond donors (Lipinski definition) is 1. The van der Waals surface area contributed by atoms with Crippen molar-refractivity contribution < 1.29 is 0 Å². The van der Waals surface area contributed by atoms with E-state index >= 15 is 0 Å². The molecule has 23 heavy (non-hydrogen) atoms. The molecule has 0 spiro atoms. The minimum absolute atomic E-state index is 0.0712. The second-order valence-corrected chi connectivity index (χ2v) is 8.50. The summed E-state index contributed by atoms with van der Waals surface area (Å²) >= 11 is 3.29. The first-order valence-corrected chi connectivity index (χ1v) is 10.2. The monoisotopic (exact) mass is 350 g/mol. The smallest absolute Gasteiger partial charge is 0.281 e. The molecule has 0 radical (unpaired) electrons. The maximum atomic E-state index is 12.7. The Balaban J connectivity index is 1.60. The summed E-state index contributed by atoms with van der Waals surface area (Å²) in [6.45, 7) is 3.43. The Labute approximate surface area is 143 Å². The number of likely N-dealkylation sites (tertiary alicyclic amines) is 1. The van der Waals surface area contributed by atoms with Gasteiger partial charge in [0.2, 0.25) is 0 Å². The number of nitrogen functional groups attached to an aromatic ring is 1. The molecule has 0 bridgehead atoms. The van der Waals surface area contributed by atoms with Gasteiger partial charge in [-0.2, -0.15) is 0 Å². The highest BCUT2D eigenvalue weighted by molar-refractivity contribution is 7.99. The molecule has 2 aliphatic rings. The largest absolute Gasteiger partial charge is 0.334 e. The van der Waals surface area contributed by atoms with Crippen LogP contribution in [-0.2, 0) is 12.8 Å². The Bertz CT molecular complexity index is 776. The number of nitrogens with two attached hydrogens (primary N) is 1. The molecule has 1 aliphatic carbocycles. The average Bonchev–Trinajstić information content (AvgIpc) is 3.19. The fourth-order valence-electron chi connectivity index (χ4n) is 3.57. The molecule has 124 valence electrons. The van der Waals surface area contributed by atoms with Gasteiger partial charge in [0.15, 0.2) is 5.16 Å². The molecule has 0 saturated carbocycles. The van der Waals surface area contributed by atoms with Gasteiger partial charge in [0.05, 0.1) is 5.39 Å². The van der Waals surface area contributed by atoms with Gasteiger partial charge >= 0.3 is 0 Å². The molecule has 0 unspecified atom stereocenters. The third-order valence-electron chi connectivity index (χ3n) is 4.83.